The van der Waals surface area contributed by atoms with Crippen LogP contribution < -0.4 is 0 Å². The van der Waals surface area contributed by atoms with E-state index in [4.69, 9.17) is 4.74 Å². The number of nitrogens with zero attached hydrogens (tertiary/aromatic N) is 2. The van der Waals surface area contributed by atoms with Crippen LogP contribution in [0.2, 0.25) is 0 Å². The number of amides is 1. The zero-order chi connectivity index (χ0) is 18.7. The smallest absolute Gasteiger partial charge is 0.348 e. The molecule has 2 fully saturated rings. The van der Waals surface area contributed by atoms with Crippen molar-refractivity contribution in [2.24, 2.45) is 0 Å². The fourth-order valence-corrected chi connectivity index (χ4v) is 6.00. The summed E-state index contributed by atoms with van der Waals surface area (Å²) in [5.41, 5.74) is 0. The average Bonchev–Trinajstić information content (AvgIpc) is 3.17. The van der Waals surface area contributed by atoms with Gasteiger partial charge in [0.05, 0.1) is 30.5 Å². The van der Waals surface area contributed by atoms with E-state index >= 15 is 0 Å². The zero-order valence-electron chi connectivity index (χ0n) is 14.5. The van der Waals surface area contributed by atoms with E-state index in [0.29, 0.717) is 55.4 Å². The fourth-order valence-electron chi connectivity index (χ4n) is 3.20. The molecule has 26 heavy (non-hydrogen) atoms. The predicted molar refractivity (Wildman–Crippen MR) is 95.9 cm³/mol. The Balaban J connectivity index is 1.70. The minimum absolute atomic E-state index is 0.171. The first kappa shape index (κ1) is 19.3. The highest BCUT2D eigenvalue weighted by Gasteiger charge is 2.37. The Labute approximate surface area is 156 Å². The third-order valence-corrected chi connectivity index (χ3v) is 7.99. The number of ether oxygens (including phenoxy) is 2. The van der Waals surface area contributed by atoms with Crippen LogP contribution in [0.3, 0.4) is 0 Å². The van der Waals surface area contributed by atoms with E-state index in [9.17, 15) is 18.0 Å². The highest BCUT2D eigenvalue weighted by atomic mass is 32.2. The van der Waals surface area contributed by atoms with Gasteiger partial charge in [0.25, 0.3) is 5.91 Å². The number of sulfonamides is 1. The van der Waals surface area contributed by atoms with E-state index in [-0.39, 0.29) is 12.5 Å². The number of carbonyl (C=O) groups is 2. The predicted octanol–water partition coefficient (Wildman–Crippen LogP) is 0.801. The summed E-state index contributed by atoms with van der Waals surface area (Å²) >= 11 is 1.06. The summed E-state index contributed by atoms with van der Waals surface area (Å²) in [4.78, 5) is 26.6. The van der Waals surface area contributed by atoms with Gasteiger partial charge in [0, 0.05) is 26.2 Å². The molecule has 3 rings (SSSR count). The van der Waals surface area contributed by atoms with Crippen LogP contribution in [0.1, 0.15) is 32.2 Å². The number of likely N-dealkylation sites (tertiary alicyclic amines) is 1. The molecule has 10 heteroatoms. The Hall–Kier alpha value is -1.49. The van der Waals surface area contributed by atoms with E-state index in [0.717, 1.165) is 11.3 Å². The molecule has 144 valence electrons. The van der Waals surface area contributed by atoms with Crippen molar-refractivity contribution in [1.29, 1.82) is 0 Å². The molecule has 0 spiro atoms. The van der Waals surface area contributed by atoms with E-state index in [2.05, 4.69) is 4.74 Å². The fraction of sp³-hybridized carbons (Fsp3) is 0.625. The van der Waals surface area contributed by atoms with Crippen LogP contribution in [0, 0.1) is 0 Å². The maximum Gasteiger partial charge on any atom is 0.348 e. The summed E-state index contributed by atoms with van der Waals surface area (Å²) in [7, 11) is -2.17. The lowest BCUT2D eigenvalue weighted by atomic mass is 10.1. The van der Waals surface area contributed by atoms with Crippen LogP contribution in [0.5, 0.6) is 0 Å². The molecule has 2 aliphatic heterocycles. The summed E-state index contributed by atoms with van der Waals surface area (Å²) in [6.07, 6.45) is 1.18. The zero-order valence-corrected chi connectivity index (χ0v) is 16.2. The quantitative estimate of drug-likeness (QED) is 0.692. The first-order valence-corrected chi connectivity index (χ1v) is 10.8. The van der Waals surface area contributed by atoms with Gasteiger partial charge in [-0.3, -0.25) is 4.79 Å². The number of esters is 1. The topological polar surface area (TPSA) is 93.2 Å². The molecule has 1 amide bonds. The molecule has 0 unspecified atom stereocenters. The van der Waals surface area contributed by atoms with Gasteiger partial charge in [-0.2, -0.15) is 4.31 Å². The standard InChI is InChI=1S/C16H22N2O6S2/c1-23-16(20)14-5-4-13(25-14)15(19)17-6-2-3-12(11-17)26(21,22)18-7-9-24-10-8-18/h4-5,12H,2-3,6-11H2,1H3/t12-/m1/s1. The number of thiophene rings is 1. The third-order valence-electron chi connectivity index (χ3n) is 4.62. The molecule has 1 aromatic rings. The van der Waals surface area contributed by atoms with Crippen molar-refractivity contribution >= 4 is 33.2 Å². The second-order valence-electron chi connectivity index (χ2n) is 6.23. The molecule has 8 nitrogen and oxygen atoms in total. The Bertz CT molecular complexity index is 769. The van der Waals surface area contributed by atoms with E-state index in [1.807, 2.05) is 0 Å². The van der Waals surface area contributed by atoms with Crippen molar-refractivity contribution in [3.63, 3.8) is 0 Å². The van der Waals surface area contributed by atoms with Crippen molar-refractivity contribution in [1.82, 2.24) is 9.21 Å². The lowest BCUT2D eigenvalue weighted by molar-refractivity contribution is 0.0606. The molecule has 1 aromatic heterocycles. The number of morpholine rings is 1. The maximum absolute atomic E-state index is 12.9. The second-order valence-corrected chi connectivity index (χ2v) is 9.52. The minimum atomic E-state index is -3.46. The first-order valence-electron chi connectivity index (χ1n) is 8.47. The number of hydrogen-bond acceptors (Lipinski definition) is 7. The molecule has 1 atom stereocenters. The summed E-state index contributed by atoms with van der Waals surface area (Å²) in [5, 5.41) is -0.599. The second kappa shape index (κ2) is 8.03. The van der Waals surface area contributed by atoms with E-state index in [1.165, 1.54) is 11.4 Å². The normalized spacial score (nSPS) is 22.2. The Morgan fingerprint density at radius 2 is 1.88 bits per heavy atom. The number of piperidine rings is 1. The number of rotatable bonds is 4. The van der Waals surface area contributed by atoms with Crippen molar-refractivity contribution in [2.45, 2.75) is 18.1 Å². The molecule has 0 saturated carbocycles. The summed E-state index contributed by atoms with van der Waals surface area (Å²) in [6.45, 7) is 2.21. The molecule has 2 aliphatic rings. The summed E-state index contributed by atoms with van der Waals surface area (Å²) in [5.74, 6) is -0.729. The Kier molecular flexibility index (Phi) is 5.96. The van der Waals surface area contributed by atoms with Crippen LogP contribution in [-0.2, 0) is 19.5 Å². The highest BCUT2D eigenvalue weighted by molar-refractivity contribution is 7.89. The molecular weight excluding hydrogens is 380 g/mol. The Morgan fingerprint density at radius 1 is 1.19 bits per heavy atom. The number of carbonyl (C=O) groups excluding carboxylic acids is 2. The molecule has 0 radical (unpaired) electrons. The van der Waals surface area contributed by atoms with Crippen LogP contribution in [0.15, 0.2) is 12.1 Å². The molecule has 2 saturated heterocycles. The van der Waals surface area contributed by atoms with Gasteiger partial charge in [0.15, 0.2) is 0 Å². The van der Waals surface area contributed by atoms with Crippen LogP contribution in [0.25, 0.3) is 0 Å². The Morgan fingerprint density at radius 3 is 2.58 bits per heavy atom. The third kappa shape index (κ3) is 3.93. The van der Waals surface area contributed by atoms with E-state index in [1.54, 1.807) is 17.0 Å². The lowest BCUT2D eigenvalue weighted by Gasteiger charge is -2.36. The van der Waals surface area contributed by atoms with Gasteiger partial charge in [-0.25, -0.2) is 13.2 Å². The van der Waals surface area contributed by atoms with Gasteiger partial charge in [-0.1, -0.05) is 0 Å². The number of methoxy groups -OCH3 is 1. The van der Waals surface area contributed by atoms with Gasteiger partial charge in [-0.15, -0.1) is 11.3 Å². The van der Waals surface area contributed by atoms with Crippen molar-refractivity contribution in [2.75, 3.05) is 46.5 Å². The van der Waals surface area contributed by atoms with Crippen molar-refractivity contribution < 1.29 is 27.5 Å². The van der Waals surface area contributed by atoms with Gasteiger partial charge in [-0.05, 0) is 25.0 Å². The number of hydrogen-bond donors (Lipinski definition) is 0. The molecule has 0 aliphatic carbocycles. The van der Waals surface area contributed by atoms with Crippen LogP contribution >= 0.6 is 11.3 Å². The molecule has 0 bridgehead atoms. The van der Waals surface area contributed by atoms with Crippen molar-refractivity contribution in [3.8, 4) is 0 Å². The molecule has 0 aromatic carbocycles. The largest absolute Gasteiger partial charge is 0.465 e. The molecule has 0 N–H and O–H groups in total. The minimum Gasteiger partial charge on any atom is -0.465 e. The van der Waals surface area contributed by atoms with Gasteiger partial charge in [0.1, 0.15) is 4.88 Å². The van der Waals surface area contributed by atoms with Gasteiger partial charge >= 0.3 is 5.97 Å². The average molecular weight is 402 g/mol. The highest BCUT2D eigenvalue weighted by Crippen LogP contribution is 2.25. The van der Waals surface area contributed by atoms with E-state index < -0.39 is 21.2 Å². The summed E-state index contributed by atoms with van der Waals surface area (Å²) < 4.78 is 37.0. The lowest BCUT2D eigenvalue weighted by Crippen LogP contribution is -2.51. The maximum atomic E-state index is 12.9. The molecule has 3 heterocycles. The monoisotopic (exact) mass is 402 g/mol. The van der Waals surface area contributed by atoms with Gasteiger partial charge in [0.2, 0.25) is 10.0 Å². The molecular formula is C16H22N2O6S2. The van der Waals surface area contributed by atoms with Gasteiger partial charge < -0.3 is 14.4 Å². The van der Waals surface area contributed by atoms with Crippen LogP contribution in [-0.4, -0.2) is 81.3 Å². The van der Waals surface area contributed by atoms with Crippen LogP contribution in [0.4, 0.5) is 0 Å². The SMILES string of the molecule is COC(=O)c1ccc(C(=O)N2CCC[C@@H](S(=O)(=O)N3CCOCC3)C2)s1. The van der Waals surface area contributed by atoms with Crippen molar-refractivity contribution in [3.05, 3.63) is 21.9 Å². The first-order chi connectivity index (χ1) is 12.4. The summed E-state index contributed by atoms with van der Waals surface area (Å²) in [6, 6.07) is 3.13.